The lowest BCUT2D eigenvalue weighted by Crippen LogP contribution is -2.12. The van der Waals surface area contributed by atoms with Gasteiger partial charge in [0.15, 0.2) is 0 Å². The van der Waals surface area contributed by atoms with Crippen LogP contribution < -0.4 is 5.73 Å². The number of rotatable bonds is 3. The van der Waals surface area contributed by atoms with Gasteiger partial charge in [-0.25, -0.2) is 9.37 Å². The van der Waals surface area contributed by atoms with Crippen LogP contribution in [0.15, 0.2) is 53.2 Å². The Bertz CT molecular complexity index is 697. The van der Waals surface area contributed by atoms with Crippen LogP contribution in [0.3, 0.4) is 0 Å². The number of nitrogens with zero attached hydrogens (tertiary/aromatic N) is 3. The third kappa shape index (κ3) is 2.41. The van der Waals surface area contributed by atoms with Crippen LogP contribution in [0.4, 0.5) is 4.39 Å². The monoisotopic (exact) mass is 270 g/mol. The number of pyridine rings is 1. The molecule has 0 fully saturated rings. The molecule has 2 aromatic heterocycles. The van der Waals surface area contributed by atoms with E-state index >= 15 is 0 Å². The van der Waals surface area contributed by atoms with Crippen LogP contribution >= 0.6 is 0 Å². The van der Waals surface area contributed by atoms with Gasteiger partial charge in [0.25, 0.3) is 0 Å². The molecule has 100 valence electrons. The number of aromatic nitrogens is 3. The fraction of sp³-hybridized carbons (Fsp3) is 0.0714. The van der Waals surface area contributed by atoms with Gasteiger partial charge < -0.3 is 10.3 Å². The quantitative estimate of drug-likeness (QED) is 0.790. The average molecular weight is 270 g/mol. The Morgan fingerprint density at radius 2 is 1.90 bits per heavy atom. The van der Waals surface area contributed by atoms with E-state index in [2.05, 4.69) is 15.1 Å². The molecule has 0 aliphatic rings. The van der Waals surface area contributed by atoms with Crippen LogP contribution in [0, 0.1) is 5.82 Å². The predicted molar refractivity (Wildman–Crippen MR) is 70.0 cm³/mol. The van der Waals surface area contributed by atoms with Crippen molar-refractivity contribution < 1.29 is 8.91 Å². The highest BCUT2D eigenvalue weighted by Gasteiger charge is 2.17. The van der Waals surface area contributed by atoms with Crippen LogP contribution in [-0.2, 0) is 0 Å². The molecule has 0 saturated carbocycles. The first kappa shape index (κ1) is 12.4. The number of halogens is 1. The molecule has 1 aromatic carbocycles. The lowest BCUT2D eigenvalue weighted by molar-refractivity contribution is 0.367. The highest BCUT2D eigenvalue weighted by Crippen LogP contribution is 2.20. The Labute approximate surface area is 114 Å². The molecule has 5 nitrogen and oxygen atoms in total. The second-order valence-corrected chi connectivity index (χ2v) is 4.21. The van der Waals surface area contributed by atoms with Crippen molar-refractivity contribution in [3.8, 4) is 11.5 Å². The molecule has 3 aromatic rings. The Morgan fingerprint density at radius 3 is 2.60 bits per heavy atom. The molecule has 2 N–H and O–H groups in total. The molecular formula is C14H11FN4O. The van der Waals surface area contributed by atoms with E-state index in [0.717, 1.165) is 11.8 Å². The summed E-state index contributed by atoms with van der Waals surface area (Å²) in [5.74, 6) is 0.155. The van der Waals surface area contributed by atoms with E-state index in [1.165, 1.54) is 12.1 Å². The van der Waals surface area contributed by atoms with Gasteiger partial charge in [-0.1, -0.05) is 35.5 Å². The Morgan fingerprint density at radius 1 is 1.10 bits per heavy atom. The molecule has 1 atom stereocenters. The number of benzene rings is 1. The lowest BCUT2D eigenvalue weighted by atomic mass is 10.1. The van der Waals surface area contributed by atoms with Gasteiger partial charge in [-0.05, 0) is 17.7 Å². The maximum absolute atomic E-state index is 12.8. The van der Waals surface area contributed by atoms with E-state index in [1.54, 1.807) is 0 Å². The van der Waals surface area contributed by atoms with Crippen molar-refractivity contribution in [1.29, 1.82) is 0 Å². The van der Waals surface area contributed by atoms with Gasteiger partial charge in [0.2, 0.25) is 11.7 Å². The van der Waals surface area contributed by atoms with Crippen molar-refractivity contribution in [2.75, 3.05) is 0 Å². The van der Waals surface area contributed by atoms with E-state index in [9.17, 15) is 4.39 Å². The van der Waals surface area contributed by atoms with Gasteiger partial charge in [-0.15, -0.1) is 0 Å². The summed E-state index contributed by atoms with van der Waals surface area (Å²) in [7, 11) is 0. The van der Waals surface area contributed by atoms with Crippen molar-refractivity contribution in [1.82, 2.24) is 15.1 Å². The van der Waals surface area contributed by atoms with Crippen molar-refractivity contribution in [2.45, 2.75) is 6.04 Å². The fourth-order valence-corrected chi connectivity index (χ4v) is 1.78. The van der Waals surface area contributed by atoms with Gasteiger partial charge >= 0.3 is 0 Å². The molecule has 1 unspecified atom stereocenters. The molecule has 2 heterocycles. The predicted octanol–water partition coefficient (Wildman–Crippen LogP) is 2.32. The molecule has 20 heavy (non-hydrogen) atoms. The SMILES string of the molecule is NC(c1ccccc1)c1nc(-c2ccc(F)cn2)no1. The molecule has 0 radical (unpaired) electrons. The summed E-state index contributed by atoms with van der Waals surface area (Å²) in [5, 5.41) is 3.81. The number of nitrogens with two attached hydrogens (primary N) is 1. The maximum Gasteiger partial charge on any atom is 0.248 e. The third-order valence-electron chi connectivity index (χ3n) is 2.82. The lowest BCUT2D eigenvalue weighted by Gasteiger charge is -2.05. The summed E-state index contributed by atoms with van der Waals surface area (Å²) < 4.78 is 18.0. The largest absolute Gasteiger partial charge is 0.337 e. The minimum Gasteiger partial charge on any atom is -0.337 e. The standard InChI is InChI=1S/C14H11FN4O/c15-10-6-7-11(17-8-10)13-18-14(20-19-13)12(16)9-4-2-1-3-5-9/h1-8,12H,16H2. The van der Waals surface area contributed by atoms with Gasteiger partial charge in [0.05, 0.1) is 6.20 Å². The second-order valence-electron chi connectivity index (χ2n) is 4.21. The molecule has 0 aliphatic carbocycles. The van der Waals surface area contributed by atoms with E-state index in [4.69, 9.17) is 10.3 Å². The Kier molecular flexibility index (Phi) is 3.22. The molecule has 0 aliphatic heterocycles. The summed E-state index contributed by atoms with van der Waals surface area (Å²) in [6.45, 7) is 0. The zero-order valence-electron chi connectivity index (χ0n) is 10.4. The zero-order chi connectivity index (χ0) is 13.9. The van der Waals surface area contributed by atoms with E-state index < -0.39 is 11.9 Å². The maximum atomic E-state index is 12.8. The first-order valence-electron chi connectivity index (χ1n) is 6.00. The van der Waals surface area contributed by atoms with Gasteiger partial charge in [-0.3, -0.25) is 0 Å². The Hall–Kier alpha value is -2.60. The normalized spacial score (nSPS) is 12.3. The first-order chi connectivity index (χ1) is 9.74. The first-order valence-corrected chi connectivity index (χ1v) is 6.00. The molecule has 0 saturated heterocycles. The summed E-state index contributed by atoms with van der Waals surface area (Å²) >= 11 is 0. The summed E-state index contributed by atoms with van der Waals surface area (Å²) in [6, 6.07) is 11.7. The highest BCUT2D eigenvalue weighted by molar-refractivity contribution is 5.47. The molecule has 0 bridgehead atoms. The molecule has 0 spiro atoms. The van der Waals surface area contributed by atoms with E-state index in [0.29, 0.717) is 5.69 Å². The minimum absolute atomic E-state index is 0.284. The topological polar surface area (TPSA) is 77.8 Å². The summed E-state index contributed by atoms with van der Waals surface area (Å²) in [6.07, 6.45) is 1.10. The summed E-state index contributed by atoms with van der Waals surface area (Å²) in [4.78, 5) is 8.09. The minimum atomic E-state index is -0.502. The third-order valence-corrected chi connectivity index (χ3v) is 2.82. The van der Waals surface area contributed by atoms with Crippen molar-refractivity contribution in [3.05, 3.63) is 65.9 Å². The smallest absolute Gasteiger partial charge is 0.248 e. The summed E-state index contributed by atoms with van der Waals surface area (Å²) in [5.41, 5.74) is 7.36. The van der Waals surface area contributed by atoms with Crippen LogP contribution in [0.2, 0.25) is 0 Å². The molecule has 0 amide bonds. The second kappa shape index (κ2) is 5.18. The van der Waals surface area contributed by atoms with Crippen molar-refractivity contribution in [3.63, 3.8) is 0 Å². The van der Waals surface area contributed by atoms with Gasteiger partial charge in [0, 0.05) is 0 Å². The Balaban J connectivity index is 1.89. The molecular weight excluding hydrogens is 259 g/mol. The van der Waals surface area contributed by atoms with Crippen LogP contribution in [0.1, 0.15) is 17.5 Å². The van der Waals surface area contributed by atoms with Crippen LogP contribution in [0.25, 0.3) is 11.5 Å². The average Bonchev–Trinajstić information content (AvgIpc) is 2.98. The van der Waals surface area contributed by atoms with Gasteiger partial charge in [0.1, 0.15) is 17.6 Å². The molecule has 3 rings (SSSR count). The van der Waals surface area contributed by atoms with Crippen LogP contribution in [-0.4, -0.2) is 15.1 Å². The van der Waals surface area contributed by atoms with Crippen molar-refractivity contribution >= 4 is 0 Å². The van der Waals surface area contributed by atoms with E-state index in [1.807, 2.05) is 30.3 Å². The fourth-order valence-electron chi connectivity index (χ4n) is 1.78. The number of hydrogen-bond acceptors (Lipinski definition) is 5. The number of hydrogen-bond donors (Lipinski definition) is 1. The van der Waals surface area contributed by atoms with Crippen molar-refractivity contribution in [2.24, 2.45) is 5.73 Å². The van der Waals surface area contributed by atoms with Crippen LogP contribution in [0.5, 0.6) is 0 Å². The molecule has 6 heteroatoms. The zero-order valence-corrected chi connectivity index (χ0v) is 10.4. The van der Waals surface area contributed by atoms with Gasteiger partial charge in [-0.2, -0.15) is 4.98 Å². The van der Waals surface area contributed by atoms with E-state index in [-0.39, 0.29) is 11.7 Å². The highest BCUT2D eigenvalue weighted by atomic mass is 19.1.